The monoisotopic (exact) mass is 399 g/mol. The lowest BCUT2D eigenvalue weighted by Crippen LogP contribution is -2.17. The number of ketones is 1. The minimum Gasteiger partial charge on any atom is -0.454 e. The van der Waals surface area contributed by atoms with E-state index in [0.29, 0.717) is 0 Å². The van der Waals surface area contributed by atoms with Crippen LogP contribution in [0.4, 0.5) is 23.2 Å². The third-order valence-corrected chi connectivity index (χ3v) is 3.25. The van der Waals surface area contributed by atoms with E-state index in [1.165, 1.54) is 13.0 Å². The Morgan fingerprint density at radius 2 is 1.68 bits per heavy atom. The van der Waals surface area contributed by atoms with Crippen molar-refractivity contribution in [3.8, 4) is 5.75 Å². The van der Waals surface area contributed by atoms with Crippen LogP contribution in [0.5, 0.6) is 5.75 Å². The summed E-state index contributed by atoms with van der Waals surface area (Å²) in [6, 6.07) is 7.24. The van der Waals surface area contributed by atoms with Crippen molar-refractivity contribution in [2.75, 3.05) is 11.9 Å². The number of carbonyl (C=O) groups is 3. The van der Waals surface area contributed by atoms with E-state index in [2.05, 4.69) is 10.1 Å². The van der Waals surface area contributed by atoms with E-state index in [-0.39, 0.29) is 16.8 Å². The van der Waals surface area contributed by atoms with Crippen molar-refractivity contribution >= 4 is 23.3 Å². The summed E-state index contributed by atoms with van der Waals surface area (Å²) in [6.07, 6.45) is -4.87. The molecule has 0 heterocycles. The topological polar surface area (TPSA) is 81.7 Å². The molecule has 0 fully saturated rings. The van der Waals surface area contributed by atoms with Crippen molar-refractivity contribution in [2.24, 2.45) is 0 Å². The third kappa shape index (κ3) is 6.08. The fraction of sp³-hybridized carbons (Fsp3) is 0.167. The molecule has 148 valence electrons. The number of benzene rings is 2. The lowest BCUT2D eigenvalue weighted by Gasteiger charge is -2.09. The zero-order valence-corrected chi connectivity index (χ0v) is 14.3. The molecule has 0 aromatic heterocycles. The largest absolute Gasteiger partial charge is 0.573 e. The molecule has 0 radical (unpaired) electrons. The fourth-order valence-electron chi connectivity index (χ4n) is 2.11. The zero-order valence-electron chi connectivity index (χ0n) is 14.3. The molecule has 0 unspecified atom stereocenters. The Hall–Kier alpha value is -3.43. The van der Waals surface area contributed by atoms with Gasteiger partial charge in [-0.1, -0.05) is 0 Å². The van der Waals surface area contributed by atoms with Crippen LogP contribution in [0.15, 0.2) is 42.5 Å². The van der Waals surface area contributed by atoms with Gasteiger partial charge >= 0.3 is 12.3 Å². The molecule has 0 spiro atoms. The number of anilines is 1. The van der Waals surface area contributed by atoms with Gasteiger partial charge in [-0.05, 0) is 42.5 Å². The maximum atomic E-state index is 14.0. The number of nitrogens with one attached hydrogen (secondary N) is 1. The normalized spacial score (nSPS) is 10.9. The molecular weight excluding hydrogens is 386 g/mol. The second-order valence-electron chi connectivity index (χ2n) is 5.45. The van der Waals surface area contributed by atoms with Gasteiger partial charge in [0, 0.05) is 12.6 Å². The van der Waals surface area contributed by atoms with Gasteiger partial charge in [-0.15, -0.1) is 13.2 Å². The van der Waals surface area contributed by atoms with Crippen molar-refractivity contribution < 1.29 is 41.4 Å². The molecule has 2 rings (SSSR count). The van der Waals surface area contributed by atoms with E-state index >= 15 is 0 Å². The van der Waals surface area contributed by atoms with Crippen molar-refractivity contribution in [2.45, 2.75) is 13.3 Å². The predicted molar refractivity (Wildman–Crippen MR) is 88.4 cm³/mol. The Bertz CT molecular complexity index is 894. The van der Waals surface area contributed by atoms with Gasteiger partial charge in [-0.2, -0.15) is 0 Å². The molecule has 2 aromatic carbocycles. The number of halogens is 4. The molecule has 0 atom stereocenters. The van der Waals surface area contributed by atoms with E-state index < -0.39 is 42.2 Å². The van der Waals surface area contributed by atoms with Crippen LogP contribution in [-0.4, -0.2) is 30.6 Å². The van der Waals surface area contributed by atoms with Gasteiger partial charge < -0.3 is 14.8 Å². The lowest BCUT2D eigenvalue weighted by atomic mass is 10.1. The maximum Gasteiger partial charge on any atom is 0.573 e. The van der Waals surface area contributed by atoms with Gasteiger partial charge in [0.05, 0.1) is 11.1 Å². The molecule has 10 heteroatoms. The number of alkyl halides is 3. The Morgan fingerprint density at radius 3 is 2.21 bits per heavy atom. The van der Waals surface area contributed by atoms with Crippen molar-refractivity contribution in [1.29, 1.82) is 0 Å². The van der Waals surface area contributed by atoms with Crippen molar-refractivity contribution in [3.05, 3.63) is 59.4 Å². The third-order valence-electron chi connectivity index (χ3n) is 3.25. The first-order valence-electron chi connectivity index (χ1n) is 7.68. The molecule has 1 N–H and O–H groups in total. The smallest absolute Gasteiger partial charge is 0.454 e. The Labute approximate surface area is 156 Å². The van der Waals surface area contributed by atoms with Crippen LogP contribution in [0, 0.1) is 5.82 Å². The summed E-state index contributed by atoms with van der Waals surface area (Å²) in [6.45, 7) is 0.453. The number of hydrogen-bond acceptors (Lipinski definition) is 5. The number of carbonyl (C=O) groups excluding carboxylic acids is 3. The zero-order chi connectivity index (χ0) is 20.9. The van der Waals surface area contributed by atoms with Gasteiger partial charge in [0.1, 0.15) is 11.6 Å². The Morgan fingerprint density at radius 1 is 1.04 bits per heavy atom. The second-order valence-corrected chi connectivity index (χ2v) is 5.45. The number of rotatable bonds is 6. The van der Waals surface area contributed by atoms with Gasteiger partial charge in [0.2, 0.25) is 11.7 Å². The standard InChI is InChI=1S/C18H13F4NO5/c1-10(24)23-12-4-7-14(15(19)8-12)16(25)9-27-17(26)11-2-5-13(6-3-11)28-18(20,21)22/h2-8H,9H2,1H3,(H,23,24). The Balaban J connectivity index is 1.97. The highest BCUT2D eigenvalue weighted by molar-refractivity contribution is 6.00. The summed E-state index contributed by atoms with van der Waals surface area (Å²) in [7, 11) is 0. The van der Waals surface area contributed by atoms with E-state index in [0.717, 1.165) is 36.4 Å². The molecular formula is C18H13F4NO5. The number of Topliss-reactive ketones (excluding diaryl/α,β-unsaturated/α-hetero) is 1. The molecule has 0 aliphatic carbocycles. The molecule has 0 aliphatic heterocycles. The molecule has 0 bridgehead atoms. The average molecular weight is 399 g/mol. The molecule has 0 saturated carbocycles. The second kappa shape index (κ2) is 8.51. The first kappa shape index (κ1) is 20.9. The van der Waals surface area contributed by atoms with E-state index in [1.54, 1.807) is 0 Å². The van der Waals surface area contributed by atoms with Crippen LogP contribution < -0.4 is 10.1 Å². The first-order valence-corrected chi connectivity index (χ1v) is 7.68. The van der Waals surface area contributed by atoms with Crippen LogP contribution >= 0.6 is 0 Å². The molecule has 6 nitrogen and oxygen atoms in total. The molecule has 1 amide bonds. The summed E-state index contributed by atoms with van der Waals surface area (Å²) in [5, 5.41) is 2.35. The van der Waals surface area contributed by atoms with Crippen LogP contribution in [0.25, 0.3) is 0 Å². The highest BCUT2D eigenvalue weighted by atomic mass is 19.4. The maximum absolute atomic E-state index is 14.0. The minimum absolute atomic E-state index is 0.121. The number of amides is 1. The average Bonchev–Trinajstić information content (AvgIpc) is 2.58. The summed E-state index contributed by atoms with van der Waals surface area (Å²) in [5.74, 6) is -3.68. The van der Waals surface area contributed by atoms with Gasteiger partial charge in [-0.25, -0.2) is 9.18 Å². The molecule has 0 saturated heterocycles. The van der Waals surface area contributed by atoms with E-state index in [4.69, 9.17) is 4.74 Å². The van der Waals surface area contributed by atoms with Crippen LogP contribution in [0.2, 0.25) is 0 Å². The highest BCUT2D eigenvalue weighted by Crippen LogP contribution is 2.23. The number of ether oxygens (including phenoxy) is 2. The minimum atomic E-state index is -4.87. The molecule has 0 aliphatic rings. The summed E-state index contributed by atoms with van der Waals surface area (Å²) in [5.41, 5.74) is -0.320. The van der Waals surface area contributed by atoms with Gasteiger partial charge in [-0.3, -0.25) is 9.59 Å². The number of hydrogen-bond donors (Lipinski definition) is 1. The van der Waals surface area contributed by atoms with Gasteiger partial charge in [0.25, 0.3) is 0 Å². The summed E-state index contributed by atoms with van der Waals surface area (Å²) >= 11 is 0. The van der Waals surface area contributed by atoms with Crippen molar-refractivity contribution in [1.82, 2.24) is 0 Å². The summed E-state index contributed by atoms with van der Waals surface area (Å²) < 4.78 is 58.6. The highest BCUT2D eigenvalue weighted by Gasteiger charge is 2.31. The predicted octanol–water partition coefficient (Wildman–Crippen LogP) is 3.72. The van der Waals surface area contributed by atoms with E-state index in [9.17, 15) is 31.9 Å². The summed E-state index contributed by atoms with van der Waals surface area (Å²) in [4.78, 5) is 34.8. The van der Waals surface area contributed by atoms with Crippen molar-refractivity contribution in [3.63, 3.8) is 0 Å². The fourth-order valence-corrected chi connectivity index (χ4v) is 2.11. The quantitative estimate of drug-likeness (QED) is 0.455. The first-order chi connectivity index (χ1) is 13.0. The SMILES string of the molecule is CC(=O)Nc1ccc(C(=O)COC(=O)c2ccc(OC(F)(F)F)cc2)c(F)c1. The Kier molecular flexibility index (Phi) is 6.34. The molecule has 2 aromatic rings. The van der Waals surface area contributed by atoms with E-state index in [1.807, 2.05) is 0 Å². The number of esters is 1. The lowest BCUT2D eigenvalue weighted by molar-refractivity contribution is -0.274. The molecule has 28 heavy (non-hydrogen) atoms. The van der Waals surface area contributed by atoms with Crippen LogP contribution in [-0.2, 0) is 9.53 Å². The van der Waals surface area contributed by atoms with Gasteiger partial charge in [0.15, 0.2) is 6.61 Å². The van der Waals surface area contributed by atoms with Crippen LogP contribution in [0.1, 0.15) is 27.6 Å². The van der Waals surface area contributed by atoms with Crippen LogP contribution in [0.3, 0.4) is 0 Å².